The summed E-state index contributed by atoms with van der Waals surface area (Å²) in [6, 6.07) is 4.16. The molecule has 64 valence electrons. The summed E-state index contributed by atoms with van der Waals surface area (Å²) in [5.41, 5.74) is 10.2. The first-order valence-electron chi connectivity index (χ1n) is 3.90. The van der Waals surface area contributed by atoms with Crippen LogP contribution in [-0.2, 0) is 0 Å². The largest absolute Gasteiger partial charge is 0.389 e. The van der Waals surface area contributed by atoms with E-state index >= 15 is 0 Å². The van der Waals surface area contributed by atoms with E-state index in [-0.39, 0.29) is 0 Å². The lowest BCUT2D eigenvalue weighted by molar-refractivity contribution is 1.29. The molecule has 0 bridgehead atoms. The zero-order valence-electron chi connectivity index (χ0n) is 7.64. The molecule has 1 aromatic rings. The smallest absolute Gasteiger partial charge is 0.104 e. The second kappa shape index (κ2) is 3.23. The van der Waals surface area contributed by atoms with Crippen LogP contribution < -0.4 is 5.73 Å². The molecule has 2 N–H and O–H groups in total. The molecule has 0 spiro atoms. The summed E-state index contributed by atoms with van der Waals surface area (Å²) in [4.78, 5) is 0.482. The molecular weight excluding hydrogens is 166 g/mol. The molecule has 0 saturated heterocycles. The number of hydrogen-bond acceptors (Lipinski definition) is 1. The maximum absolute atomic E-state index is 5.56. The summed E-state index contributed by atoms with van der Waals surface area (Å²) in [5, 5.41) is 0. The first kappa shape index (κ1) is 9.20. The van der Waals surface area contributed by atoms with Gasteiger partial charge in [0.25, 0.3) is 0 Å². The Morgan fingerprint density at radius 2 is 1.58 bits per heavy atom. The highest BCUT2D eigenvalue weighted by molar-refractivity contribution is 7.80. The number of hydrogen-bond donors (Lipinski definition) is 1. The van der Waals surface area contributed by atoms with Gasteiger partial charge in [0.1, 0.15) is 4.99 Å². The van der Waals surface area contributed by atoms with E-state index in [1.807, 2.05) is 13.0 Å². The average molecular weight is 179 g/mol. The van der Waals surface area contributed by atoms with Gasteiger partial charge in [0.2, 0.25) is 0 Å². The van der Waals surface area contributed by atoms with Gasteiger partial charge in [-0.25, -0.2) is 0 Å². The fourth-order valence-corrected chi connectivity index (χ4v) is 1.45. The molecule has 0 heterocycles. The van der Waals surface area contributed by atoms with Crippen molar-refractivity contribution in [3.8, 4) is 0 Å². The highest BCUT2D eigenvalue weighted by atomic mass is 32.1. The van der Waals surface area contributed by atoms with E-state index in [9.17, 15) is 0 Å². The first-order chi connectivity index (χ1) is 5.52. The van der Waals surface area contributed by atoms with Crippen LogP contribution in [0.1, 0.15) is 22.3 Å². The van der Waals surface area contributed by atoms with Crippen LogP contribution in [0, 0.1) is 20.8 Å². The monoisotopic (exact) mass is 179 g/mol. The zero-order valence-corrected chi connectivity index (χ0v) is 8.46. The molecule has 1 rings (SSSR count). The van der Waals surface area contributed by atoms with E-state index < -0.39 is 0 Å². The number of nitrogens with two attached hydrogens (primary N) is 1. The second-order valence-electron chi connectivity index (χ2n) is 3.12. The van der Waals surface area contributed by atoms with Gasteiger partial charge in [0.05, 0.1) is 0 Å². The van der Waals surface area contributed by atoms with E-state index in [2.05, 4.69) is 19.9 Å². The highest BCUT2D eigenvalue weighted by Gasteiger charge is 2.02. The third-order valence-corrected chi connectivity index (χ3v) is 2.33. The Morgan fingerprint density at radius 3 is 2.08 bits per heavy atom. The summed E-state index contributed by atoms with van der Waals surface area (Å²) in [6.07, 6.45) is 0. The molecular formula is C10H13NS. The van der Waals surface area contributed by atoms with Gasteiger partial charge < -0.3 is 5.73 Å². The van der Waals surface area contributed by atoms with Gasteiger partial charge in [-0.3, -0.25) is 0 Å². The van der Waals surface area contributed by atoms with Crippen molar-refractivity contribution in [2.75, 3.05) is 0 Å². The van der Waals surface area contributed by atoms with E-state index in [4.69, 9.17) is 18.0 Å². The fraction of sp³-hybridized carbons (Fsp3) is 0.300. The molecule has 1 nitrogen and oxygen atoms in total. The minimum absolute atomic E-state index is 0.482. The summed E-state index contributed by atoms with van der Waals surface area (Å²) in [7, 11) is 0. The van der Waals surface area contributed by atoms with Crippen LogP contribution in [0.15, 0.2) is 12.1 Å². The highest BCUT2D eigenvalue weighted by Crippen LogP contribution is 2.14. The van der Waals surface area contributed by atoms with Crippen LogP contribution in [-0.4, -0.2) is 4.99 Å². The standard InChI is InChI=1S/C10H13NS/c1-6-4-8(3)9(10(11)12)5-7(6)2/h4-5H,1-3H3,(H2,11,12). The topological polar surface area (TPSA) is 26.0 Å². The van der Waals surface area contributed by atoms with Crippen molar-refractivity contribution >= 4 is 17.2 Å². The Hall–Kier alpha value is -0.890. The Morgan fingerprint density at radius 1 is 1.08 bits per heavy atom. The molecule has 12 heavy (non-hydrogen) atoms. The van der Waals surface area contributed by atoms with Gasteiger partial charge in [-0.15, -0.1) is 0 Å². The molecule has 0 atom stereocenters. The number of rotatable bonds is 1. The van der Waals surface area contributed by atoms with E-state index in [0.717, 1.165) is 11.1 Å². The number of benzene rings is 1. The lowest BCUT2D eigenvalue weighted by Gasteiger charge is -2.07. The van der Waals surface area contributed by atoms with Gasteiger partial charge >= 0.3 is 0 Å². The molecule has 0 radical (unpaired) electrons. The fourth-order valence-electron chi connectivity index (χ4n) is 1.23. The SMILES string of the molecule is Cc1cc(C)c(C(N)=S)cc1C. The molecule has 0 saturated carbocycles. The third-order valence-electron chi connectivity index (χ3n) is 2.11. The van der Waals surface area contributed by atoms with Crippen molar-refractivity contribution in [3.63, 3.8) is 0 Å². The van der Waals surface area contributed by atoms with Gasteiger partial charge in [0, 0.05) is 5.56 Å². The molecule has 0 unspecified atom stereocenters. The minimum atomic E-state index is 0.482. The van der Waals surface area contributed by atoms with Crippen LogP contribution in [0.2, 0.25) is 0 Å². The summed E-state index contributed by atoms with van der Waals surface area (Å²) < 4.78 is 0. The Labute approximate surface area is 78.6 Å². The van der Waals surface area contributed by atoms with Crippen LogP contribution in [0.25, 0.3) is 0 Å². The second-order valence-corrected chi connectivity index (χ2v) is 3.56. The van der Waals surface area contributed by atoms with Gasteiger partial charge in [-0.05, 0) is 43.5 Å². The predicted molar refractivity (Wildman–Crippen MR) is 56.5 cm³/mol. The molecule has 1 aromatic carbocycles. The summed E-state index contributed by atoms with van der Waals surface area (Å²) in [6.45, 7) is 6.18. The predicted octanol–water partition coefficient (Wildman–Crippen LogP) is 2.25. The lowest BCUT2D eigenvalue weighted by atomic mass is 10.0. The molecule has 0 aromatic heterocycles. The first-order valence-corrected chi connectivity index (χ1v) is 4.31. The van der Waals surface area contributed by atoms with Crippen molar-refractivity contribution in [1.82, 2.24) is 0 Å². The van der Waals surface area contributed by atoms with E-state index in [0.29, 0.717) is 4.99 Å². The van der Waals surface area contributed by atoms with Gasteiger partial charge in [-0.1, -0.05) is 18.3 Å². The normalized spacial score (nSPS) is 9.92. The third kappa shape index (κ3) is 1.64. The van der Waals surface area contributed by atoms with Crippen LogP contribution in [0.5, 0.6) is 0 Å². The maximum Gasteiger partial charge on any atom is 0.104 e. The van der Waals surface area contributed by atoms with Crippen LogP contribution >= 0.6 is 12.2 Å². The lowest BCUT2D eigenvalue weighted by Crippen LogP contribution is -2.11. The van der Waals surface area contributed by atoms with Crippen LogP contribution in [0.4, 0.5) is 0 Å². The van der Waals surface area contributed by atoms with Crippen molar-refractivity contribution in [1.29, 1.82) is 0 Å². The Kier molecular flexibility index (Phi) is 2.48. The average Bonchev–Trinajstić information content (AvgIpc) is 1.96. The molecule has 0 aliphatic rings. The molecule has 0 amide bonds. The molecule has 0 aliphatic carbocycles. The van der Waals surface area contributed by atoms with Crippen molar-refractivity contribution in [2.45, 2.75) is 20.8 Å². The van der Waals surface area contributed by atoms with E-state index in [1.165, 1.54) is 11.1 Å². The maximum atomic E-state index is 5.56. The van der Waals surface area contributed by atoms with Crippen molar-refractivity contribution in [3.05, 3.63) is 34.4 Å². The van der Waals surface area contributed by atoms with Gasteiger partial charge in [-0.2, -0.15) is 0 Å². The van der Waals surface area contributed by atoms with E-state index in [1.54, 1.807) is 0 Å². The van der Waals surface area contributed by atoms with Crippen molar-refractivity contribution in [2.24, 2.45) is 5.73 Å². The van der Waals surface area contributed by atoms with Gasteiger partial charge in [0.15, 0.2) is 0 Å². The zero-order chi connectivity index (χ0) is 9.30. The molecule has 0 fully saturated rings. The molecule has 0 aliphatic heterocycles. The van der Waals surface area contributed by atoms with Crippen LogP contribution in [0.3, 0.4) is 0 Å². The minimum Gasteiger partial charge on any atom is -0.389 e. The Bertz CT molecular complexity index is 329. The quantitative estimate of drug-likeness (QED) is 0.669. The number of aryl methyl sites for hydroxylation is 3. The summed E-state index contributed by atoms with van der Waals surface area (Å²) >= 11 is 4.93. The molecule has 2 heteroatoms. The van der Waals surface area contributed by atoms with Crippen molar-refractivity contribution < 1.29 is 0 Å². The Balaban J connectivity index is 3.33. The summed E-state index contributed by atoms with van der Waals surface area (Å²) in [5.74, 6) is 0. The number of thiocarbonyl (C=S) groups is 1.